The van der Waals surface area contributed by atoms with E-state index in [9.17, 15) is 4.79 Å². The van der Waals surface area contributed by atoms with Crippen molar-refractivity contribution < 1.29 is 14.3 Å². The number of nitrogens with one attached hydrogen (secondary N) is 1. The highest BCUT2D eigenvalue weighted by Crippen LogP contribution is 2.15. The third kappa shape index (κ3) is 7.03. The van der Waals surface area contributed by atoms with Gasteiger partial charge in [-0.15, -0.1) is 0 Å². The van der Waals surface area contributed by atoms with Crippen LogP contribution >= 0.6 is 0 Å². The van der Waals surface area contributed by atoms with Gasteiger partial charge in [0.05, 0.1) is 26.4 Å². The fourth-order valence-corrected chi connectivity index (χ4v) is 3.13. The van der Waals surface area contributed by atoms with Gasteiger partial charge in [0.15, 0.2) is 0 Å². The fourth-order valence-electron chi connectivity index (χ4n) is 3.13. The molecule has 1 amide bonds. The number of ether oxygens (including phenoxy) is 2. The van der Waals surface area contributed by atoms with Crippen LogP contribution in [0.2, 0.25) is 0 Å². The van der Waals surface area contributed by atoms with Crippen LogP contribution in [0.3, 0.4) is 0 Å². The van der Waals surface area contributed by atoms with Gasteiger partial charge in [0.1, 0.15) is 0 Å². The maximum absolute atomic E-state index is 12.5. The minimum absolute atomic E-state index is 0.0540. The van der Waals surface area contributed by atoms with Crippen LogP contribution < -0.4 is 5.32 Å². The predicted molar refractivity (Wildman–Crippen MR) is 103 cm³/mol. The van der Waals surface area contributed by atoms with Crippen LogP contribution in [0.15, 0.2) is 30.3 Å². The van der Waals surface area contributed by atoms with Crippen molar-refractivity contribution in [2.45, 2.75) is 25.9 Å². The summed E-state index contributed by atoms with van der Waals surface area (Å²) in [6, 6.07) is 10.2. The highest BCUT2D eigenvalue weighted by atomic mass is 16.5. The van der Waals surface area contributed by atoms with Gasteiger partial charge in [-0.2, -0.15) is 0 Å². The zero-order valence-electron chi connectivity index (χ0n) is 16.4. The van der Waals surface area contributed by atoms with Gasteiger partial charge >= 0.3 is 0 Å². The molecule has 1 fully saturated rings. The highest BCUT2D eigenvalue weighted by molar-refractivity contribution is 5.78. The zero-order valence-corrected chi connectivity index (χ0v) is 16.4. The zero-order chi connectivity index (χ0) is 18.8. The van der Waals surface area contributed by atoms with E-state index in [4.69, 9.17) is 9.47 Å². The van der Waals surface area contributed by atoms with Crippen molar-refractivity contribution in [2.75, 3.05) is 59.7 Å². The number of hydrogen-bond donors (Lipinski definition) is 1. The van der Waals surface area contributed by atoms with Gasteiger partial charge in [-0.3, -0.25) is 14.6 Å². The second-order valence-electron chi connectivity index (χ2n) is 7.38. The smallest absolute Gasteiger partial charge is 0.234 e. The summed E-state index contributed by atoms with van der Waals surface area (Å²) in [5, 5.41) is 3.11. The summed E-state index contributed by atoms with van der Waals surface area (Å²) >= 11 is 0. The Hall–Kier alpha value is -1.47. The molecule has 0 saturated carbocycles. The summed E-state index contributed by atoms with van der Waals surface area (Å²) in [7, 11) is 1.69. The molecule has 0 aromatic heterocycles. The lowest BCUT2D eigenvalue weighted by Crippen LogP contribution is -2.56. The predicted octanol–water partition coefficient (Wildman–Crippen LogP) is 1.36. The second kappa shape index (κ2) is 10.6. The van der Waals surface area contributed by atoms with Crippen molar-refractivity contribution >= 4 is 5.91 Å². The summed E-state index contributed by atoms with van der Waals surface area (Å²) in [6.07, 6.45) is 0. The molecule has 1 N–H and O–H groups in total. The first-order valence-electron chi connectivity index (χ1n) is 9.36. The Morgan fingerprint density at radius 3 is 2.62 bits per heavy atom. The van der Waals surface area contributed by atoms with Gasteiger partial charge < -0.3 is 14.8 Å². The van der Waals surface area contributed by atoms with E-state index in [-0.39, 0.29) is 11.4 Å². The van der Waals surface area contributed by atoms with E-state index in [1.165, 1.54) is 5.56 Å². The van der Waals surface area contributed by atoms with Gasteiger partial charge in [-0.1, -0.05) is 30.3 Å². The molecule has 1 aliphatic heterocycles. The number of amides is 1. The highest BCUT2D eigenvalue weighted by Gasteiger charge is 2.28. The molecule has 2 rings (SSSR count). The van der Waals surface area contributed by atoms with Crippen molar-refractivity contribution in [1.82, 2.24) is 15.1 Å². The number of methoxy groups -OCH3 is 1. The van der Waals surface area contributed by atoms with E-state index >= 15 is 0 Å². The molecule has 1 aromatic carbocycles. The van der Waals surface area contributed by atoms with Crippen LogP contribution in [0.5, 0.6) is 0 Å². The van der Waals surface area contributed by atoms with Crippen molar-refractivity contribution in [3.05, 3.63) is 35.9 Å². The first-order chi connectivity index (χ1) is 12.5. The van der Waals surface area contributed by atoms with Gasteiger partial charge in [0.25, 0.3) is 0 Å². The number of carbonyl (C=O) groups is 1. The largest absolute Gasteiger partial charge is 0.383 e. The third-order valence-electron chi connectivity index (χ3n) is 4.81. The molecule has 0 aliphatic carbocycles. The average Bonchev–Trinajstić information content (AvgIpc) is 2.66. The molecule has 6 heteroatoms. The Morgan fingerprint density at radius 2 is 1.96 bits per heavy atom. The molecule has 1 aromatic rings. The number of benzene rings is 1. The molecule has 26 heavy (non-hydrogen) atoms. The van der Waals surface area contributed by atoms with Crippen LogP contribution in [-0.4, -0.2) is 80.9 Å². The van der Waals surface area contributed by atoms with Crippen molar-refractivity contribution in [3.63, 3.8) is 0 Å². The van der Waals surface area contributed by atoms with Gasteiger partial charge in [0.2, 0.25) is 5.91 Å². The molecule has 0 radical (unpaired) electrons. The van der Waals surface area contributed by atoms with E-state index in [2.05, 4.69) is 41.1 Å². The van der Waals surface area contributed by atoms with Gasteiger partial charge in [-0.05, 0) is 19.4 Å². The van der Waals surface area contributed by atoms with Crippen molar-refractivity contribution in [1.29, 1.82) is 0 Å². The summed E-state index contributed by atoms with van der Waals surface area (Å²) < 4.78 is 10.6. The first-order valence-corrected chi connectivity index (χ1v) is 9.36. The number of carbonyl (C=O) groups excluding carboxylic acids is 1. The molecule has 0 spiro atoms. The minimum atomic E-state index is -0.0732. The summed E-state index contributed by atoms with van der Waals surface area (Å²) in [5.74, 6) is 0.0540. The van der Waals surface area contributed by atoms with Crippen LogP contribution in [-0.2, 0) is 20.8 Å². The fraction of sp³-hybridized carbons (Fsp3) is 0.650. The Balaban J connectivity index is 1.83. The third-order valence-corrected chi connectivity index (χ3v) is 4.81. The van der Waals surface area contributed by atoms with Crippen LogP contribution in [0, 0.1) is 0 Å². The van der Waals surface area contributed by atoms with E-state index < -0.39 is 0 Å². The minimum Gasteiger partial charge on any atom is -0.383 e. The van der Waals surface area contributed by atoms with E-state index in [1.54, 1.807) is 7.11 Å². The number of nitrogens with zero attached hydrogens (tertiary/aromatic N) is 2. The molecule has 0 atom stereocenters. The Labute approximate surface area is 157 Å². The molecule has 0 unspecified atom stereocenters. The lowest BCUT2D eigenvalue weighted by Gasteiger charge is -2.41. The maximum Gasteiger partial charge on any atom is 0.234 e. The number of morpholine rings is 1. The summed E-state index contributed by atoms with van der Waals surface area (Å²) in [4.78, 5) is 17.0. The number of hydrogen-bond acceptors (Lipinski definition) is 5. The summed E-state index contributed by atoms with van der Waals surface area (Å²) in [6.45, 7) is 10.8. The standard InChI is InChI=1S/C20H33N3O3/c1-20(2,23-10-13-26-14-11-23)17-21-19(24)16-22(9-12-25-3)15-18-7-5-4-6-8-18/h4-8H,9-17H2,1-3H3,(H,21,24). The molecule has 1 aliphatic rings. The topological polar surface area (TPSA) is 54.0 Å². The quantitative estimate of drug-likeness (QED) is 0.680. The van der Waals surface area contributed by atoms with E-state index in [1.807, 2.05) is 18.2 Å². The van der Waals surface area contributed by atoms with E-state index in [0.29, 0.717) is 19.7 Å². The van der Waals surface area contributed by atoms with Crippen molar-refractivity contribution in [3.8, 4) is 0 Å². The lowest BCUT2D eigenvalue weighted by molar-refractivity contribution is -0.123. The normalized spacial score (nSPS) is 16.0. The first kappa shape index (κ1) is 20.8. The SMILES string of the molecule is COCCN(CC(=O)NCC(C)(C)N1CCOCC1)Cc1ccccc1. The number of rotatable bonds is 10. The van der Waals surface area contributed by atoms with Crippen LogP contribution in [0.1, 0.15) is 19.4 Å². The molecule has 1 heterocycles. The Bertz CT molecular complexity index is 530. The molecule has 1 saturated heterocycles. The van der Waals surface area contributed by atoms with E-state index in [0.717, 1.165) is 39.4 Å². The molecule has 146 valence electrons. The molecule has 0 bridgehead atoms. The average molecular weight is 364 g/mol. The van der Waals surface area contributed by atoms with Gasteiger partial charge in [0, 0.05) is 45.4 Å². The van der Waals surface area contributed by atoms with Crippen LogP contribution in [0.25, 0.3) is 0 Å². The molecular weight excluding hydrogens is 330 g/mol. The maximum atomic E-state index is 12.5. The Kier molecular flexibility index (Phi) is 8.51. The van der Waals surface area contributed by atoms with Gasteiger partial charge in [-0.25, -0.2) is 0 Å². The van der Waals surface area contributed by atoms with Crippen LogP contribution in [0.4, 0.5) is 0 Å². The molecule has 6 nitrogen and oxygen atoms in total. The monoisotopic (exact) mass is 363 g/mol. The van der Waals surface area contributed by atoms with Crippen molar-refractivity contribution in [2.24, 2.45) is 0 Å². The molecular formula is C20H33N3O3. The Morgan fingerprint density at radius 1 is 1.27 bits per heavy atom. The lowest BCUT2D eigenvalue weighted by atomic mass is 10.0. The second-order valence-corrected chi connectivity index (χ2v) is 7.38. The summed E-state index contributed by atoms with van der Waals surface area (Å²) in [5.41, 5.74) is 1.13.